The summed E-state index contributed by atoms with van der Waals surface area (Å²) in [5.41, 5.74) is 2.71. The molecule has 0 bridgehead atoms. The van der Waals surface area contributed by atoms with Crippen LogP contribution in [0.3, 0.4) is 0 Å². The molecular formula is C31H35N5O4. The number of carbonyl (C=O) groups excluding carboxylic acids is 4. The van der Waals surface area contributed by atoms with E-state index in [1.807, 2.05) is 57.1 Å². The maximum Gasteiger partial charge on any atom is 0.254 e. The molecule has 1 aromatic heterocycles. The zero-order valence-electron chi connectivity index (χ0n) is 23.3. The highest BCUT2D eigenvalue weighted by Crippen LogP contribution is 2.32. The average Bonchev–Trinajstić information content (AvgIpc) is 3.52. The molecule has 208 valence electrons. The Morgan fingerprint density at radius 3 is 2.45 bits per heavy atom. The molecule has 0 saturated carbocycles. The van der Waals surface area contributed by atoms with E-state index in [1.54, 1.807) is 46.3 Å². The summed E-state index contributed by atoms with van der Waals surface area (Å²) in [7, 11) is 3.85. The average molecular weight is 542 g/mol. The Morgan fingerprint density at radius 2 is 1.75 bits per heavy atom. The molecule has 1 unspecified atom stereocenters. The first-order valence-electron chi connectivity index (χ1n) is 13.7. The maximum absolute atomic E-state index is 13.8. The second-order valence-electron chi connectivity index (χ2n) is 11.2. The molecule has 3 atom stereocenters. The highest BCUT2D eigenvalue weighted by Gasteiger charge is 2.52. The molecule has 0 spiro atoms. The molecule has 9 heteroatoms. The SMILES string of the molecule is CC(C)C[C@H](NC(=O)c1ccc(N(C)C)cc1)C(=O)N1CCC2[C@H]1C(=O)CN2C(=O)c1ccc2ncccc2c1. The Kier molecular flexibility index (Phi) is 7.56. The number of Topliss-reactive ketones (excluding diaryl/α,β-unsaturated/α-hetero) is 1. The molecule has 0 aliphatic carbocycles. The number of hydrogen-bond acceptors (Lipinski definition) is 6. The molecule has 2 saturated heterocycles. The summed E-state index contributed by atoms with van der Waals surface area (Å²) >= 11 is 0. The van der Waals surface area contributed by atoms with Gasteiger partial charge in [-0.05, 0) is 67.3 Å². The quantitative estimate of drug-likeness (QED) is 0.493. The van der Waals surface area contributed by atoms with Crippen molar-refractivity contribution >= 4 is 40.1 Å². The van der Waals surface area contributed by atoms with Gasteiger partial charge in [0, 0.05) is 49.0 Å². The van der Waals surface area contributed by atoms with Gasteiger partial charge in [-0.2, -0.15) is 0 Å². The number of anilines is 1. The Hall–Kier alpha value is -4.27. The van der Waals surface area contributed by atoms with Gasteiger partial charge in [-0.1, -0.05) is 19.9 Å². The number of hydrogen-bond donors (Lipinski definition) is 1. The van der Waals surface area contributed by atoms with E-state index in [-0.39, 0.29) is 42.0 Å². The second kappa shape index (κ2) is 11.1. The van der Waals surface area contributed by atoms with E-state index in [2.05, 4.69) is 10.3 Å². The van der Waals surface area contributed by atoms with Crippen molar-refractivity contribution in [1.82, 2.24) is 20.1 Å². The van der Waals surface area contributed by atoms with E-state index >= 15 is 0 Å². The predicted octanol–water partition coefficient (Wildman–Crippen LogP) is 3.14. The Bertz CT molecular complexity index is 1450. The lowest BCUT2D eigenvalue weighted by atomic mass is 10.0. The summed E-state index contributed by atoms with van der Waals surface area (Å²) in [4.78, 5) is 63.0. The number of aromatic nitrogens is 1. The van der Waals surface area contributed by atoms with Crippen LogP contribution >= 0.6 is 0 Å². The van der Waals surface area contributed by atoms with E-state index in [0.29, 0.717) is 30.5 Å². The van der Waals surface area contributed by atoms with Crippen LogP contribution in [0.2, 0.25) is 0 Å². The van der Waals surface area contributed by atoms with Crippen LogP contribution in [0, 0.1) is 5.92 Å². The molecule has 40 heavy (non-hydrogen) atoms. The minimum absolute atomic E-state index is 0.0392. The third-order valence-electron chi connectivity index (χ3n) is 7.77. The minimum Gasteiger partial charge on any atom is -0.378 e. The van der Waals surface area contributed by atoms with Crippen LogP contribution in [0.15, 0.2) is 60.8 Å². The third-order valence-corrected chi connectivity index (χ3v) is 7.77. The highest BCUT2D eigenvalue weighted by molar-refractivity contribution is 6.04. The van der Waals surface area contributed by atoms with Crippen molar-refractivity contribution in [3.8, 4) is 0 Å². The fraction of sp³-hybridized carbons (Fsp3) is 0.387. The van der Waals surface area contributed by atoms with Gasteiger partial charge in [0.05, 0.1) is 18.1 Å². The van der Waals surface area contributed by atoms with Gasteiger partial charge < -0.3 is 20.0 Å². The van der Waals surface area contributed by atoms with E-state index in [4.69, 9.17) is 0 Å². The van der Waals surface area contributed by atoms with Gasteiger partial charge in [-0.15, -0.1) is 0 Å². The number of carbonyl (C=O) groups is 4. The van der Waals surface area contributed by atoms with Crippen molar-refractivity contribution in [2.45, 2.75) is 44.8 Å². The van der Waals surface area contributed by atoms with Crippen molar-refractivity contribution in [2.24, 2.45) is 5.92 Å². The summed E-state index contributed by atoms with van der Waals surface area (Å²) in [6, 6.07) is 14.4. The molecule has 3 amide bonds. The van der Waals surface area contributed by atoms with Crippen LogP contribution in [-0.2, 0) is 9.59 Å². The first kappa shape index (κ1) is 27.3. The van der Waals surface area contributed by atoms with Gasteiger partial charge in [0.1, 0.15) is 12.1 Å². The van der Waals surface area contributed by atoms with Crippen molar-refractivity contribution in [2.75, 3.05) is 32.1 Å². The molecule has 1 N–H and O–H groups in total. The number of nitrogens with zero attached hydrogens (tertiary/aromatic N) is 4. The number of nitrogens with one attached hydrogen (secondary N) is 1. The summed E-state index contributed by atoms with van der Waals surface area (Å²) < 4.78 is 0. The lowest BCUT2D eigenvalue weighted by molar-refractivity contribution is -0.138. The number of rotatable bonds is 7. The molecule has 3 heterocycles. The zero-order valence-corrected chi connectivity index (χ0v) is 23.3. The Morgan fingerprint density at radius 1 is 1.02 bits per heavy atom. The number of amides is 3. The van der Waals surface area contributed by atoms with E-state index in [1.165, 1.54) is 0 Å². The largest absolute Gasteiger partial charge is 0.378 e. The molecule has 2 fully saturated rings. The molecular weight excluding hydrogens is 506 g/mol. The first-order chi connectivity index (χ1) is 19.1. The van der Waals surface area contributed by atoms with Gasteiger partial charge in [0.15, 0.2) is 5.78 Å². The lowest BCUT2D eigenvalue weighted by Crippen LogP contribution is -2.53. The Labute approximate surface area is 234 Å². The van der Waals surface area contributed by atoms with Gasteiger partial charge >= 0.3 is 0 Å². The lowest BCUT2D eigenvalue weighted by Gasteiger charge is -2.29. The molecule has 9 nitrogen and oxygen atoms in total. The fourth-order valence-corrected chi connectivity index (χ4v) is 5.76. The molecule has 0 radical (unpaired) electrons. The number of benzene rings is 2. The topological polar surface area (TPSA) is 103 Å². The van der Waals surface area contributed by atoms with E-state index in [9.17, 15) is 19.2 Å². The van der Waals surface area contributed by atoms with Crippen molar-refractivity contribution in [3.63, 3.8) is 0 Å². The zero-order chi connectivity index (χ0) is 28.6. The van der Waals surface area contributed by atoms with Crippen molar-refractivity contribution in [1.29, 1.82) is 0 Å². The Balaban J connectivity index is 1.32. The monoisotopic (exact) mass is 541 g/mol. The summed E-state index contributed by atoms with van der Waals surface area (Å²) in [6.45, 7) is 4.30. The normalized spacial score (nSPS) is 19.2. The smallest absolute Gasteiger partial charge is 0.254 e. The van der Waals surface area contributed by atoms with Gasteiger partial charge in [0.2, 0.25) is 5.91 Å². The molecule has 2 aromatic carbocycles. The fourth-order valence-electron chi connectivity index (χ4n) is 5.76. The highest BCUT2D eigenvalue weighted by atomic mass is 16.2. The number of pyridine rings is 1. The van der Waals surface area contributed by atoms with Crippen LogP contribution in [-0.4, -0.2) is 83.6 Å². The van der Waals surface area contributed by atoms with Gasteiger partial charge in [-0.25, -0.2) is 0 Å². The van der Waals surface area contributed by atoms with Crippen LogP contribution in [0.25, 0.3) is 10.9 Å². The summed E-state index contributed by atoms with van der Waals surface area (Å²) in [6.07, 6.45) is 2.65. The number of ketones is 1. The molecule has 5 rings (SSSR count). The first-order valence-corrected chi connectivity index (χ1v) is 13.7. The van der Waals surface area contributed by atoms with Crippen LogP contribution in [0.1, 0.15) is 47.4 Å². The van der Waals surface area contributed by atoms with Crippen LogP contribution in [0.5, 0.6) is 0 Å². The summed E-state index contributed by atoms with van der Waals surface area (Å²) in [5.74, 6) is -0.850. The standard InChI is InChI=1S/C31H35N5O4/c1-19(2)16-25(33-29(38)20-7-10-23(11-8-20)34(3)4)31(40)35-15-13-26-28(35)27(37)18-36(26)30(39)22-9-12-24-21(17-22)6-5-14-32-24/h5-12,14,17,19,25-26,28H,13,15-16,18H2,1-4H3,(H,33,38)/t25-,26?,28-/m0/s1. The van der Waals surface area contributed by atoms with Crippen molar-refractivity contribution in [3.05, 3.63) is 71.9 Å². The maximum atomic E-state index is 13.8. The van der Waals surface area contributed by atoms with E-state index in [0.717, 1.165) is 16.6 Å². The third kappa shape index (κ3) is 5.28. The molecule has 3 aromatic rings. The molecule has 2 aliphatic rings. The van der Waals surface area contributed by atoms with E-state index < -0.39 is 12.1 Å². The van der Waals surface area contributed by atoms with Crippen LogP contribution in [0.4, 0.5) is 5.69 Å². The van der Waals surface area contributed by atoms with Crippen LogP contribution < -0.4 is 10.2 Å². The summed E-state index contributed by atoms with van der Waals surface area (Å²) in [5, 5.41) is 3.77. The predicted molar refractivity (Wildman–Crippen MR) is 153 cm³/mol. The van der Waals surface area contributed by atoms with Crippen molar-refractivity contribution < 1.29 is 19.2 Å². The van der Waals surface area contributed by atoms with Gasteiger partial charge in [-0.3, -0.25) is 24.2 Å². The number of fused-ring (bicyclic) bond motifs is 2. The second-order valence-corrected chi connectivity index (χ2v) is 11.2. The van der Waals surface area contributed by atoms with Gasteiger partial charge in [0.25, 0.3) is 11.8 Å². The minimum atomic E-state index is -0.773. The number of likely N-dealkylation sites (tertiary alicyclic amines) is 2. The molecule has 2 aliphatic heterocycles.